The van der Waals surface area contributed by atoms with E-state index in [9.17, 15) is 0 Å². The van der Waals surface area contributed by atoms with Gasteiger partial charge in [0.1, 0.15) is 17.4 Å². The summed E-state index contributed by atoms with van der Waals surface area (Å²) >= 11 is 6.69. The predicted octanol–water partition coefficient (Wildman–Crippen LogP) is 5.03. The monoisotopic (exact) mass is 517 g/mol. The van der Waals surface area contributed by atoms with E-state index in [2.05, 4.69) is 53.4 Å². The van der Waals surface area contributed by atoms with Gasteiger partial charge >= 0.3 is 6.01 Å². The summed E-state index contributed by atoms with van der Waals surface area (Å²) in [6.07, 6.45) is 5.74. The fraction of sp³-hybridized carbons (Fsp3) is 0.308. The Balaban J connectivity index is 1.31. The molecule has 0 spiro atoms. The molecule has 10 nitrogen and oxygen atoms in total. The molecule has 6 rings (SSSR count). The number of benzene rings is 1. The number of H-pyrrole nitrogens is 2. The fourth-order valence-electron chi connectivity index (χ4n) is 4.56. The van der Waals surface area contributed by atoms with Gasteiger partial charge in [0.05, 0.1) is 16.4 Å². The van der Waals surface area contributed by atoms with Gasteiger partial charge in [-0.25, -0.2) is 0 Å². The van der Waals surface area contributed by atoms with Crippen LogP contribution in [0.1, 0.15) is 24.2 Å². The summed E-state index contributed by atoms with van der Waals surface area (Å²) in [5, 5.41) is 12.2. The number of piperazine rings is 1. The summed E-state index contributed by atoms with van der Waals surface area (Å²) in [7, 11) is 2.13. The molecule has 0 unspecified atom stereocenters. The fourth-order valence-corrected chi connectivity index (χ4v) is 4.81. The molecule has 0 aliphatic carbocycles. The molecule has 1 fully saturated rings. The summed E-state index contributed by atoms with van der Waals surface area (Å²) in [5.74, 6) is 2.51. The molecule has 0 atom stereocenters. The molecule has 2 aliphatic rings. The van der Waals surface area contributed by atoms with Gasteiger partial charge in [-0.15, -0.1) is 0 Å². The number of aromatic nitrogens is 5. The molecule has 0 radical (unpaired) electrons. The number of nitrogens with zero attached hydrogens (tertiary/aromatic N) is 6. The van der Waals surface area contributed by atoms with Crippen LogP contribution in [0.15, 0.2) is 47.6 Å². The van der Waals surface area contributed by atoms with Crippen molar-refractivity contribution in [1.29, 1.82) is 0 Å². The highest BCUT2D eigenvalue weighted by atomic mass is 35.5. The number of hydrogen-bond donors (Lipinski definition) is 3. The smallest absolute Gasteiger partial charge is 0.325 e. The lowest BCUT2D eigenvalue weighted by Crippen LogP contribution is -2.44. The molecule has 1 saturated heterocycles. The number of ether oxygens (including phenoxy) is 1. The van der Waals surface area contributed by atoms with E-state index in [-0.39, 0.29) is 6.01 Å². The zero-order valence-electron chi connectivity index (χ0n) is 20.8. The molecular weight excluding hydrogens is 490 g/mol. The lowest BCUT2D eigenvalue weighted by molar-refractivity contribution is 0.311. The maximum absolute atomic E-state index is 6.69. The lowest BCUT2D eigenvalue weighted by Gasteiger charge is -2.33. The Bertz CT molecular complexity index is 1500. The van der Waals surface area contributed by atoms with Gasteiger partial charge in [-0.1, -0.05) is 17.7 Å². The van der Waals surface area contributed by atoms with E-state index in [0.717, 1.165) is 72.8 Å². The summed E-state index contributed by atoms with van der Waals surface area (Å²) < 4.78 is 6.16. The third kappa shape index (κ3) is 5.03. The number of halogens is 1. The number of aliphatic imine (C=N–C) groups is 1. The van der Waals surface area contributed by atoms with E-state index in [4.69, 9.17) is 21.3 Å². The number of nitrogens with one attached hydrogen (secondary N) is 3. The number of aryl methyl sites for hydroxylation is 1. The van der Waals surface area contributed by atoms with Gasteiger partial charge in [-0.3, -0.25) is 10.1 Å². The molecule has 5 heterocycles. The molecular formula is C26H28ClN9O. The Hall–Kier alpha value is -3.89. The zero-order chi connectivity index (χ0) is 25.4. The molecule has 190 valence electrons. The first kappa shape index (κ1) is 23.5. The third-order valence-corrected chi connectivity index (χ3v) is 6.98. The largest absolute Gasteiger partial charge is 0.423 e. The first-order valence-corrected chi connectivity index (χ1v) is 12.7. The van der Waals surface area contributed by atoms with Crippen LogP contribution in [0, 0.1) is 6.92 Å². The van der Waals surface area contributed by atoms with Crippen molar-refractivity contribution in [3.05, 3.63) is 59.0 Å². The van der Waals surface area contributed by atoms with Crippen LogP contribution in [-0.4, -0.2) is 69.0 Å². The highest BCUT2D eigenvalue weighted by Crippen LogP contribution is 2.36. The number of fused-ring (bicyclic) bond motifs is 1. The van der Waals surface area contributed by atoms with Crippen LogP contribution < -0.4 is 15.0 Å². The van der Waals surface area contributed by atoms with E-state index in [0.29, 0.717) is 22.4 Å². The van der Waals surface area contributed by atoms with Crippen molar-refractivity contribution in [1.82, 2.24) is 30.0 Å². The van der Waals surface area contributed by atoms with Crippen molar-refractivity contribution in [2.45, 2.75) is 19.8 Å². The number of aromatic amines is 2. The van der Waals surface area contributed by atoms with Crippen LogP contribution >= 0.6 is 11.6 Å². The van der Waals surface area contributed by atoms with Crippen molar-refractivity contribution in [2.24, 2.45) is 4.99 Å². The second-order valence-corrected chi connectivity index (χ2v) is 9.75. The highest BCUT2D eigenvalue weighted by molar-refractivity contribution is 6.37. The standard InChI is InChI=1S/C26H28ClN9O/c1-16-13-17-18(29-16)6-7-21(25(17)27)37-26-31-22(15-24(32-26)36-11-9-35(2)10-12-36)30-23-14-20(33-34-23)19-5-3-4-8-28-19/h4,6-8,13-15,29H,3,5,9-12H2,1-2H3,(H2,30,31,32,33,34). The first-order chi connectivity index (χ1) is 18.0. The second-order valence-electron chi connectivity index (χ2n) is 9.37. The molecule has 2 aliphatic heterocycles. The quantitative estimate of drug-likeness (QED) is 0.329. The average Bonchev–Trinajstić information content (AvgIpc) is 3.53. The molecule has 3 aromatic heterocycles. The predicted molar refractivity (Wildman–Crippen MR) is 147 cm³/mol. The van der Waals surface area contributed by atoms with Crippen LogP contribution in [0.4, 0.5) is 17.5 Å². The minimum Gasteiger partial charge on any atom is -0.423 e. The van der Waals surface area contributed by atoms with Crippen LogP contribution in [-0.2, 0) is 0 Å². The second kappa shape index (κ2) is 9.87. The summed E-state index contributed by atoms with van der Waals surface area (Å²) in [4.78, 5) is 21.7. The van der Waals surface area contributed by atoms with Crippen LogP contribution in [0.3, 0.4) is 0 Å². The summed E-state index contributed by atoms with van der Waals surface area (Å²) in [6, 6.07) is 9.86. The van der Waals surface area contributed by atoms with E-state index in [1.165, 1.54) is 0 Å². The highest BCUT2D eigenvalue weighted by Gasteiger charge is 2.20. The number of likely N-dealkylation sites (N-methyl/N-ethyl adjacent to an activating group) is 1. The molecule has 37 heavy (non-hydrogen) atoms. The van der Waals surface area contributed by atoms with Crippen molar-refractivity contribution in [2.75, 3.05) is 43.4 Å². The maximum Gasteiger partial charge on any atom is 0.325 e. The lowest BCUT2D eigenvalue weighted by atomic mass is 10.1. The molecule has 0 bridgehead atoms. The minimum atomic E-state index is 0.213. The van der Waals surface area contributed by atoms with Crippen molar-refractivity contribution >= 4 is 45.7 Å². The zero-order valence-corrected chi connectivity index (χ0v) is 21.5. The van der Waals surface area contributed by atoms with Crippen LogP contribution in [0.5, 0.6) is 11.8 Å². The minimum absolute atomic E-state index is 0.213. The molecule has 4 aromatic rings. The first-order valence-electron chi connectivity index (χ1n) is 12.3. The van der Waals surface area contributed by atoms with E-state index < -0.39 is 0 Å². The van der Waals surface area contributed by atoms with Gasteiger partial charge in [-0.2, -0.15) is 15.1 Å². The van der Waals surface area contributed by atoms with E-state index in [1.54, 1.807) is 0 Å². The van der Waals surface area contributed by atoms with Gasteiger partial charge in [0.15, 0.2) is 5.82 Å². The maximum atomic E-state index is 6.69. The summed E-state index contributed by atoms with van der Waals surface area (Å²) in [6.45, 7) is 5.63. The SMILES string of the molecule is Cc1cc2c(Cl)c(Oc3nc(Nc4cc(C5=NC=CCC5)[nH]n4)cc(N4CCN(C)CC4)n3)ccc2[nH]1. The van der Waals surface area contributed by atoms with Crippen LogP contribution in [0.2, 0.25) is 5.02 Å². The molecule has 0 saturated carbocycles. The third-order valence-electron chi connectivity index (χ3n) is 6.59. The number of allylic oxidation sites excluding steroid dienone is 1. The van der Waals surface area contributed by atoms with Gasteiger partial charge in [0, 0.05) is 61.1 Å². The molecule has 1 aromatic carbocycles. The van der Waals surface area contributed by atoms with Crippen LogP contribution in [0.25, 0.3) is 10.9 Å². The Morgan fingerprint density at radius 3 is 2.73 bits per heavy atom. The van der Waals surface area contributed by atoms with E-state index in [1.807, 2.05) is 43.5 Å². The van der Waals surface area contributed by atoms with Crippen molar-refractivity contribution in [3.63, 3.8) is 0 Å². The Labute approximate surface area is 219 Å². The normalized spacial score (nSPS) is 16.3. The number of hydrogen-bond acceptors (Lipinski definition) is 8. The van der Waals surface area contributed by atoms with Crippen molar-refractivity contribution < 1.29 is 4.74 Å². The molecule has 11 heteroatoms. The Kier molecular flexibility index (Phi) is 6.27. The van der Waals surface area contributed by atoms with Gasteiger partial charge < -0.3 is 24.8 Å². The van der Waals surface area contributed by atoms with Gasteiger partial charge in [-0.05, 0) is 45.0 Å². The van der Waals surface area contributed by atoms with Crippen molar-refractivity contribution in [3.8, 4) is 11.8 Å². The van der Waals surface area contributed by atoms with Gasteiger partial charge in [0.2, 0.25) is 0 Å². The number of rotatable bonds is 6. The Morgan fingerprint density at radius 2 is 1.92 bits per heavy atom. The summed E-state index contributed by atoms with van der Waals surface area (Å²) in [5.41, 5.74) is 3.86. The van der Waals surface area contributed by atoms with E-state index >= 15 is 0 Å². The number of anilines is 3. The van der Waals surface area contributed by atoms with Gasteiger partial charge in [0.25, 0.3) is 0 Å². The molecule has 3 N–H and O–H groups in total. The topological polar surface area (TPSA) is 110 Å². The average molecular weight is 518 g/mol. The molecule has 0 amide bonds. The Morgan fingerprint density at radius 1 is 1.05 bits per heavy atom.